The lowest BCUT2D eigenvalue weighted by Crippen LogP contribution is -2.40. The van der Waals surface area contributed by atoms with E-state index in [1.165, 1.54) is 18.2 Å². The highest BCUT2D eigenvalue weighted by Gasteiger charge is 2.29. The highest BCUT2D eigenvalue weighted by Crippen LogP contribution is 2.34. The largest absolute Gasteiger partial charge is 0.478 e. The molecule has 0 saturated carbocycles. The molecule has 1 heterocycles. The first-order valence-electron chi connectivity index (χ1n) is 6.33. The van der Waals surface area contributed by atoms with E-state index in [-0.39, 0.29) is 23.0 Å². The molecule has 20 heavy (non-hydrogen) atoms. The van der Waals surface area contributed by atoms with E-state index in [0.717, 1.165) is 12.8 Å². The van der Waals surface area contributed by atoms with Crippen molar-refractivity contribution in [3.63, 3.8) is 0 Å². The van der Waals surface area contributed by atoms with Gasteiger partial charge < -0.3 is 14.7 Å². The number of nitro benzene ring substituents is 1. The molecule has 1 aromatic rings. The number of nitro groups is 1. The van der Waals surface area contributed by atoms with Crippen molar-refractivity contribution in [2.75, 3.05) is 25.1 Å². The first kappa shape index (κ1) is 14.3. The van der Waals surface area contributed by atoms with Crippen LogP contribution in [0.1, 0.15) is 23.2 Å². The number of carboxylic acid groups (broad SMARTS) is 1. The number of para-hydroxylation sites is 1. The van der Waals surface area contributed by atoms with Crippen LogP contribution >= 0.6 is 0 Å². The molecular formula is C13H16N2O5. The van der Waals surface area contributed by atoms with Crippen LogP contribution in [0.15, 0.2) is 18.2 Å². The second-order valence-electron chi connectivity index (χ2n) is 4.68. The molecule has 1 aromatic carbocycles. The van der Waals surface area contributed by atoms with Crippen LogP contribution in [0.3, 0.4) is 0 Å². The third-order valence-corrected chi connectivity index (χ3v) is 3.47. The number of carboxylic acids is 1. The Hall–Kier alpha value is -2.15. The minimum absolute atomic E-state index is 0.0368. The Balaban J connectivity index is 2.47. The van der Waals surface area contributed by atoms with Crippen molar-refractivity contribution < 1.29 is 19.6 Å². The zero-order chi connectivity index (χ0) is 14.7. The Labute approximate surface area is 115 Å². The average molecular weight is 280 g/mol. The minimum Gasteiger partial charge on any atom is -0.478 e. The van der Waals surface area contributed by atoms with Crippen molar-refractivity contribution >= 4 is 17.3 Å². The minimum atomic E-state index is -1.16. The fourth-order valence-electron chi connectivity index (χ4n) is 2.52. The van der Waals surface area contributed by atoms with Crippen molar-refractivity contribution in [1.29, 1.82) is 0 Å². The van der Waals surface area contributed by atoms with Crippen LogP contribution in [0.4, 0.5) is 11.4 Å². The molecule has 1 N–H and O–H groups in total. The number of hydrogen-bond donors (Lipinski definition) is 1. The second kappa shape index (κ2) is 5.87. The maximum Gasteiger partial charge on any atom is 0.338 e. The van der Waals surface area contributed by atoms with Crippen LogP contribution in [0.25, 0.3) is 0 Å². The topological polar surface area (TPSA) is 92.9 Å². The van der Waals surface area contributed by atoms with Gasteiger partial charge in [-0.05, 0) is 18.9 Å². The molecule has 0 aliphatic carbocycles. The Morgan fingerprint density at radius 1 is 1.55 bits per heavy atom. The standard InChI is InChI=1S/C13H16N2O5/c1-20-9-4-3-7-14(8-9)12-10(13(16)17)5-2-6-11(12)15(18)19/h2,5-6,9H,3-4,7-8H2,1H3,(H,16,17). The number of rotatable bonds is 4. The van der Waals surface area contributed by atoms with E-state index < -0.39 is 10.9 Å². The summed E-state index contributed by atoms with van der Waals surface area (Å²) in [6.07, 6.45) is 1.64. The number of carbonyl (C=O) groups is 1. The van der Waals surface area contributed by atoms with Gasteiger partial charge in [-0.25, -0.2) is 4.79 Å². The van der Waals surface area contributed by atoms with Crippen molar-refractivity contribution in [3.05, 3.63) is 33.9 Å². The van der Waals surface area contributed by atoms with Gasteiger partial charge in [-0.15, -0.1) is 0 Å². The predicted molar refractivity (Wildman–Crippen MR) is 72.3 cm³/mol. The van der Waals surface area contributed by atoms with Gasteiger partial charge in [-0.3, -0.25) is 10.1 Å². The Bertz CT molecular complexity index is 499. The molecule has 0 aromatic heterocycles. The third kappa shape index (κ3) is 2.72. The van der Waals surface area contributed by atoms with Gasteiger partial charge in [0.1, 0.15) is 5.69 Å². The number of methoxy groups -OCH3 is 1. The summed E-state index contributed by atoms with van der Waals surface area (Å²) in [5, 5.41) is 20.4. The molecule has 0 bridgehead atoms. The lowest BCUT2D eigenvalue weighted by Gasteiger charge is -2.33. The van der Waals surface area contributed by atoms with E-state index in [4.69, 9.17) is 4.74 Å². The zero-order valence-corrected chi connectivity index (χ0v) is 11.1. The molecule has 1 aliphatic heterocycles. The fraction of sp³-hybridized carbons (Fsp3) is 0.462. The summed E-state index contributed by atoms with van der Waals surface area (Å²) < 4.78 is 5.28. The molecule has 2 rings (SSSR count). The van der Waals surface area contributed by atoms with Crippen LogP contribution in [0, 0.1) is 10.1 Å². The molecule has 1 unspecified atom stereocenters. The monoisotopic (exact) mass is 280 g/mol. The summed E-state index contributed by atoms with van der Waals surface area (Å²) in [6.45, 7) is 1.05. The van der Waals surface area contributed by atoms with E-state index in [9.17, 15) is 20.0 Å². The molecule has 1 fully saturated rings. The number of anilines is 1. The molecule has 7 nitrogen and oxygen atoms in total. The van der Waals surface area contributed by atoms with Gasteiger partial charge in [0.15, 0.2) is 0 Å². The summed E-state index contributed by atoms with van der Waals surface area (Å²) in [5.41, 5.74) is -0.0515. The van der Waals surface area contributed by atoms with Crippen molar-refractivity contribution in [2.24, 2.45) is 0 Å². The summed E-state index contributed by atoms with van der Waals surface area (Å²) in [4.78, 5) is 23.6. The van der Waals surface area contributed by atoms with Gasteiger partial charge in [-0.2, -0.15) is 0 Å². The number of nitrogens with zero attached hydrogens (tertiary/aromatic N) is 2. The molecule has 1 saturated heterocycles. The SMILES string of the molecule is COC1CCCN(c2c(C(=O)O)cccc2[N+](=O)[O-])C1. The molecule has 0 spiro atoms. The van der Waals surface area contributed by atoms with E-state index in [0.29, 0.717) is 13.1 Å². The Kier molecular flexibility index (Phi) is 4.19. The van der Waals surface area contributed by atoms with Crippen molar-refractivity contribution in [2.45, 2.75) is 18.9 Å². The maximum atomic E-state index is 11.3. The number of aromatic carboxylic acids is 1. The highest BCUT2D eigenvalue weighted by atomic mass is 16.6. The van der Waals surface area contributed by atoms with Gasteiger partial charge in [0.25, 0.3) is 5.69 Å². The molecule has 0 amide bonds. The third-order valence-electron chi connectivity index (χ3n) is 3.47. The summed E-state index contributed by atoms with van der Waals surface area (Å²) in [6, 6.07) is 4.11. The number of piperidine rings is 1. The molecule has 1 atom stereocenters. The van der Waals surface area contributed by atoms with Gasteiger partial charge in [0, 0.05) is 26.3 Å². The lowest BCUT2D eigenvalue weighted by molar-refractivity contribution is -0.384. The highest BCUT2D eigenvalue weighted by molar-refractivity contribution is 5.97. The Morgan fingerprint density at radius 2 is 2.30 bits per heavy atom. The van der Waals surface area contributed by atoms with E-state index in [2.05, 4.69) is 0 Å². The zero-order valence-electron chi connectivity index (χ0n) is 11.1. The summed E-state index contributed by atoms with van der Waals surface area (Å²) in [5.74, 6) is -1.16. The van der Waals surface area contributed by atoms with E-state index in [1.54, 1.807) is 12.0 Å². The summed E-state index contributed by atoms with van der Waals surface area (Å²) in [7, 11) is 1.59. The van der Waals surface area contributed by atoms with Crippen LogP contribution in [-0.4, -0.2) is 42.3 Å². The molecule has 7 heteroatoms. The van der Waals surface area contributed by atoms with Crippen LogP contribution in [0.2, 0.25) is 0 Å². The molecule has 0 radical (unpaired) electrons. The van der Waals surface area contributed by atoms with Crippen molar-refractivity contribution in [3.8, 4) is 0 Å². The van der Waals surface area contributed by atoms with Crippen LogP contribution < -0.4 is 4.90 Å². The van der Waals surface area contributed by atoms with E-state index >= 15 is 0 Å². The first-order chi connectivity index (χ1) is 9.54. The number of benzene rings is 1. The normalized spacial score (nSPS) is 18.9. The van der Waals surface area contributed by atoms with Crippen LogP contribution in [-0.2, 0) is 4.74 Å². The van der Waals surface area contributed by atoms with Gasteiger partial charge in [0.2, 0.25) is 0 Å². The van der Waals surface area contributed by atoms with Gasteiger partial charge in [0.05, 0.1) is 16.6 Å². The van der Waals surface area contributed by atoms with E-state index in [1.807, 2.05) is 0 Å². The molecule has 108 valence electrons. The first-order valence-corrected chi connectivity index (χ1v) is 6.33. The average Bonchev–Trinajstić information content (AvgIpc) is 2.46. The number of ether oxygens (including phenoxy) is 1. The van der Waals surface area contributed by atoms with Gasteiger partial charge >= 0.3 is 5.97 Å². The van der Waals surface area contributed by atoms with Crippen molar-refractivity contribution in [1.82, 2.24) is 0 Å². The molecular weight excluding hydrogens is 264 g/mol. The maximum absolute atomic E-state index is 11.3. The summed E-state index contributed by atoms with van der Waals surface area (Å²) >= 11 is 0. The Morgan fingerprint density at radius 3 is 2.90 bits per heavy atom. The second-order valence-corrected chi connectivity index (χ2v) is 4.68. The molecule has 1 aliphatic rings. The predicted octanol–water partition coefficient (Wildman–Crippen LogP) is 1.91. The van der Waals surface area contributed by atoms with Gasteiger partial charge in [-0.1, -0.05) is 6.07 Å². The quantitative estimate of drug-likeness (QED) is 0.669. The van der Waals surface area contributed by atoms with Crippen LogP contribution in [0.5, 0.6) is 0 Å². The fourth-order valence-corrected chi connectivity index (χ4v) is 2.52. The number of hydrogen-bond acceptors (Lipinski definition) is 5. The lowest BCUT2D eigenvalue weighted by atomic mass is 10.0. The smallest absolute Gasteiger partial charge is 0.338 e.